The summed E-state index contributed by atoms with van der Waals surface area (Å²) in [5.74, 6) is 0. The van der Waals surface area contributed by atoms with Crippen LogP contribution in [0, 0.1) is 0 Å². The van der Waals surface area contributed by atoms with Crippen LogP contribution in [0.2, 0.25) is 0 Å². The van der Waals surface area contributed by atoms with E-state index in [0.717, 1.165) is 5.56 Å². The number of benzene rings is 2. The first-order chi connectivity index (χ1) is 8.57. The van der Waals surface area contributed by atoms with Crippen molar-refractivity contribution in [2.24, 2.45) is 5.14 Å². The molecule has 2 N–H and O–H groups in total. The Morgan fingerprint density at radius 1 is 0.889 bits per heavy atom. The Labute approximate surface area is 107 Å². The van der Waals surface area contributed by atoms with Crippen LogP contribution < -0.4 is 5.14 Å². The molecule has 0 heterocycles. The lowest BCUT2D eigenvalue weighted by Gasteiger charge is -2.05. The van der Waals surface area contributed by atoms with Crippen molar-refractivity contribution in [1.29, 1.82) is 0 Å². The summed E-state index contributed by atoms with van der Waals surface area (Å²) in [5, 5.41) is 5.26. The Hall–Kier alpha value is -1.91. The van der Waals surface area contributed by atoms with Gasteiger partial charge in [-0.3, -0.25) is 0 Å². The van der Waals surface area contributed by atoms with Gasteiger partial charge in [-0.05, 0) is 17.2 Å². The average Bonchev–Trinajstić information content (AvgIpc) is 2.37. The van der Waals surface area contributed by atoms with Gasteiger partial charge in [0, 0.05) is 0 Å². The third kappa shape index (κ3) is 3.06. The van der Waals surface area contributed by atoms with E-state index in [1.54, 1.807) is 30.3 Å². The lowest BCUT2D eigenvalue weighted by molar-refractivity contribution is 0.607. The van der Waals surface area contributed by atoms with Gasteiger partial charge in [0.2, 0.25) is 10.0 Å². The first-order valence-electron chi connectivity index (χ1n) is 5.42. The molecule has 0 unspecified atom stereocenters. The van der Waals surface area contributed by atoms with E-state index < -0.39 is 10.0 Å². The number of hydrogen-bond acceptors (Lipinski definition) is 2. The number of rotatable bonds is 3. The number of sulfonamides is 1. The second-order valence-corrected chi connectivity index (χ2v) is 5.36. The SMILES string of the molecule is NS(=O)(=O)/C(=C/c1ccccc1)c1ccccc1. The molecule has 0 saturated carbocycles. The fraction of sp³-hybridized carbons (Fsp3) is 0. The second-order valence-electron chi connectivity index (χ2n) is 3.83. The standard InChI is InChI=1S/C14H13NO2S/c15-18(16,17)14(13-9-5-2-6-10-13)11-12-7-3-1-4-8-12/h1-11H,(H2,15,16,17)/b14-11+. The van der Waals surface area contributed by atoms with E-state index in [2.05, 4.69) is 0 Å². The van der Waals surface area contributed by atoms with Gasteiger partial charge in [0.25, 0.3) is 0 Å². The minimum Gasteiger partial charge on any atom is -0.225 e. The lowest BCUT2D eigenvalue weighted by atomic mass is 10.1. The lowest BCUT2D eigenvalue weighted by Crippen LogP contribution is -2.13. The molecule has 0 bridgehead atoms. The third-order valence-electron chi connectivity index (χ3n) is 2.46. The Bertz CT molecular complexity index is 647. The second kappa shape index (κ2) is 5.16. The fourth-order valence-electron chi connectivity index (χ4n) is 1.63. The van der Waals surface area contributed by atoms with Crippen LogP contribution in [0.3, 0.4) is 0 Å². The maximum Gasteiger partial charge on any atom is 0.238 e. The monoisotopic (exact) mass is 259 g/mol. The van der Waals surface area contributed by atoms with Crippen LogP contribution in [0.4, 0.5) is 0 Å². The summed E-state index contributed by atoms with van der Waals surface area (Å²) >= 11 is 0. The number of hydrogen-bond donors (Lipinski definition) is 1. The zero-order chi connectivity index (χ0) is 13.0. The predicted octanol–water partition coefficient (Wildman–Crippen LogP) is 2.47. The van der Waals surface area contributed by atoms with E-state index in [1.807, 2.05) is 36.4 Å². The van der Waals surface area contributed by atoms with Gasteiger partial charge >= 0.3 is 0 Å². The van der Waals surface area contributed by atoms with E-state index in [1.165, 1.54) is 0 Å². The molecule has 18 heavy (non-hydrogen) atoms. The summed E-state index contributed by atoms with van der Waals surface area (Å²) in [4.78, 5) is 0.120. The highest BCUT2D eigenvalue weighted by Crippen LogP contribution is 2.21. The third-order valence-corrected chi connectivity index (χ3v) is 3.43. The van der Waals surface area contributed by atoms with Crippen LogP contribution in [0.1, 0.15) is 11.1 Å². The van der Waals surface area contributed by atoms with Gasteiger partial charge in [-0.1, -0.05) is 60.7 Å². The minimum atomic E-state index is -3.76. The molecule has 2 aromatic carbocycles. The predicted molar refractivity (Wildman–Crippen MR) is 73.9 cm³/mol. The molecule has 2 rings (SSSR count). The van der Waals surface area contributed by atoms with Gasteiger partial charge in [0.15, 0.2) is 0 Å². The molecule has 92 valence electrons. The smallest absolute Gasteiger partial charge is 0.225 e. The molecule has 0 amide bonds. The Kier molecular flexibility index (Phi) is 3.60. The van der Waals surface area contributed by atoms with Crippen LogP contribution in [0.25, 0.3) is 11.0 Å². The molecule has 0 saturated heterocycles. The molecule has 2 aromatic rings. The van der Waals surface area contributed by atoms with Crippen molar-refractivity contribution in [3.63, 3.8) is 0 Å². The molecule has 4 heteroatoms. The molecule has 3 nitrogen and oxygen atoms in total. The molecule has 0 fully saturated rings. The molecular formula is C14H13NO2S. The van der Waals surface area contributed by atoms with E-state index in [9.17, 15) is 8.42 Å². The van der Waals surface area contributed by atoms with Crippen LogP contribution in [-0.2, 0) is 10.0 Å². The van der Waals surface area contributed by atoms with Gasteiger partial charge < -0.3 is 0 Å². The van der Waals surface area contributed by atoms with E-state index in [4.69, 9.17) is 5.14 Å². The Balaban J connectivity index is 2.56. The van der Waals surface area contributed by atoms with Crippen LogP contribution >= 0.6 is 0 Å². The Morgan fingerprint density at radius 3 is 1.89 bits per heavy atom. The van der Waals surface area contributed by atoms with Gasteiger partial charge in [-0.15, -0.1) is 0 Å². The molecule has 0 aromatic heterocycles. The Morgan fingerprint density at radius 2 is 1.39 bits per heavy atom. The molecule has 0 aliphatic rings. The van der Waals surface area contributed by atoms with Crippen molar-refractivity contribution in [2.45, 2.75) is 0 Å². The maximum atomic E-state index is 11.6. The molecule has 0 aliphatic carbocycles. The van der Waals surface area contributed by atoms with Crippen molar-refractivity contribution in [3.05, 3.63) is 71.8 Å². The highest BCUT2D eigenvalue weighted by molar-refractivity contribution is 7.98. The molecule has 0 aliphatic heterocycles. The van der Waals surface area contributed by atoms with Crippen LogP contribution in [-0.4, -0.2) is 8.42 Å². The van der Waals surface area contributed by atoms with Crippen LogP contribution in [0.15, 0.2) is 60.7 Å². The van der Waals surface area contributed by atoms with Crippen LogP contribution in [0.5, 0.6) is 0 Å². The van der Waals surface area contributed by atoms with Gasteiger partial charge in [-0.25, -0.2) is 13.6 Å². The molecule has 0 spiro atoms. The van der Waals surface area contributed by atoms with Crippen molar-refractivity contribution >= 4 is 21.0 Å². The van der Waals surface area contributed by atoms with Gasteiger partial charge in [0.05, 0.1) is 4.91 Å². The summed E-state index contributed by atoms with van der Waals surface area (Å²) in [6, 6.07) is 18.0. The highest BCUT2D eigenvalue weighted by atomic mass is 32.2. The maximum absolute atomic E-state index is 11.6. The fourth-order valence-corrected chi connectivity index (χ4v) is 2.40. The van der Waals surface area contributed by atoms with E-state index in [-0.39, 0.29) is 4.91 Å². The topological polar surface area (TPSA) is 60.2 Å². The largest absolute Gasteiger partial charge is 0.238 e. The zero-order valence-electron chi connectivity index (χ0n) is 9.65. The summed E-state index contributed by atoms with van der Waals surface area (Å²) in [5.41, 5.74) is 1.38. The average molecular weight is 259 g/mol. The molecule has 0 atom stereocenters. The van der Waals surface area contributed by atoms with Crippen molar-refractivity contribution < 1.29 is 8.42 Å². The summed E-state index contributed by atoms with van der Waals surface area (Å²) in [6.07, 6.45) is 1.57. The highest BCUT2D eigenvalue weighted by Gasteiger charge is 2.14. The van der Waals surface area contributed by atoms with Crippen molar-refractivity contribution in [3.8, 4) is 0 Å². The summed E-state index contributed by atoms with van der Waals surface area (Å²) < 4.78 is 23.3. The van der Waals surface area contributed by atoms with Crippen molar-refractivity contribution in [2.75, 3.05) is 0 Å². The zero-order valence-corrected chi connectivity index (χ0v) is 10.5. The normalized spacial score (nSPS) is 12.4. The number of nitrogens with two attached hydrogens (primary N) is 1. The van der Waals surface area contributed by atoms with Crippen molar-refractivity contribution in [1.82, 2.24) is 0 Å². The first kappa shape index (κ1) is 12.5. The van der Waals surface area contributed by atoms with E-state index >= 15 is 0 Å². The number of primary sulfonamides is 1. The van der Waals surface area contributed by atoms with E-state index in [0.29, 0.717) is 5.56 Å². The molecular weight excluding hydrogens is 246 g/mol. The quantitative estimate of drug-likeness (QED) is 0.861. The summed E-state index contributed by atoms with van der Waals surface area (Å²) in [7, 11) is -3.76. The molecule has 0 radical (unpaired) electrons. The van der Waals surface area contributed by atoms with Gasteiger partial charge in [-0.2, -0.15) is 0 Å². The summed E-state index contributed by atoms with van der Waals surface area (Å²) in [6.45, 7) is 0. The first-order valence-corrected chi connectivity index (χ1v) is 6.97. The minimum absolute atomic E-state index is 0.120. The van der Waals surface area contributed by atoms with Gasteiger partial charge in [0.1, 0.15) is 0 Å².